The molecule has 0 atom stereocenters. The molecule has 0 heterocycles. The molecular formula is C13H16FN. The van der Waals surface area contributed by atoms with E-state index in [9.17, 15) is 4.39 Å². The van der Waals surface area contributed by atoms with E-state index >= 15 is 0 Å². The van der Waals surface area contributed by atoms with Crippen LogP contribution in [0.25, 0.3) is 0 Å². The summed E-state index contributed by atoms with van der Waals surface area (Å²) in [6.45, 7) is 1.99. The standard InChI is InChI=1S/C13H16FN/c1-9-8-10(14)2-3-11(9)12(4-5-12)13(15)6-7-13/h2-3,8H,4-7,15H2,1H3. The molecule has 0 aromatic heterocycles. The van der Waals surface area contributed by atoms with E-state index in [4.69, 9.17) is 5.73 Å². The second-order valence-electron chi connectivity index (χ2n) is 5.20. The summed E-state index contributed by atoms with van der Waals surface area (Å²) >= 11 is 0. The number of nitrogens with two attached hydrogens (primary N) is 1. The van der Waals surface area contributed by atoms with Crippen LogP contribution in [0, 0.1) is 12.7 Å². The van der Waals surface area contributed by atoms with Gasteiger partial charge in [-0.05, 0) is 55.9 Å². The molecule has 0 radical (unpaired) electrons. The maximum atomic E-state index is 13.0. The predicted octanol–water partition coefficient (Wildman–Crippen LogP) is 2.66. The Morgan fingerprint density at radius 2 is 1.87 bits per heavy atom. The van der Waals surface area contributed by atoms with Crippen LogP contribution in [0.5, 0.6) is 0 Å². The topological polar surface area (TPSA) is 26.0 Å². The van der Waals surface area contributed by atoms with Gasteiger partial charge >= 0.3 is 0 Å². The Labute approximate surface area is 89.5 Å². The molecule has 0 spiro atoms. The zero-order valence-corrected chi connectivity index (χ0v) is 9.02. The molecule has 0 bridgehead atoms. The average molecular weight is 205 g/mol. The highest BCUT2D eigenvalue weighted by Crippen LogP contribution is 2.64. The van der Waals surface area contributed by atoms with Gasteiger partial charge in [0.15, 0.2) is 0 Å². The molecule has 2 fully saturated rings. The molecule has 1 nitrogen and oxygen atoms in total. The van der Waals surface area contributed by atoms with E-state index < -0.39 is 0 Å². The van der Waals surface area contributed by atoms with Crippen LogP contribution in [0.15, 0.2) is 18.2 Å². The summed E-state index contributed by atoms with van der Waals surface area (Å²) in [6.07, 6.45) is 4.61. The van der Waals surface area contributed by atoms with Gasteiger partial charge in [0.25, 0.3) is 0 Å². The lowest BCUT2D eigenvalue weighted by Gasteiger charge is -2.25. The minimum absolute atomic E-state index is 0.0234. The largest absolute Gasteiger partial charge is 0.324 e. The van der Waals surface area contributed by atoms with Crippen LogP contribution in [0.2, 0.25) is 0 Å². The van der Waals surface area contributed by atoms with Crippen molar-refractivity contribution in [1.29, 1.82) is 0 Å². The molecule has 0 aliphatic heterocycles. The van der Waals surface area contributed by atoms with E-state index in [0.717, 1.165) is 18.4 Å². The van der Waals surface area contributed by atoms with Crippen molar-refractivity contribution in [2.45, 2.75) is 43.6 Å². The first-order valence-corrected chi connectivity index (χ1v) is 5.63. The summed E-state index contributed by atoms with van der Waals surface area (Å²) in [6, 6.07) is 5.12. The smallest absolute Gasteiger partial charge is 0.123 e. The molecule has 3 rings (SSSR count). The van der Waals surface area contributed by atoms with Crippen LogP contribution in [-0.4, -0.2) is 5.54 Å². The molecule has 80 valence electrons. The van der Waals surface area contributed by atoms with Crippen molar-refractivity contribution in [2.75, 3.05) is 0 Å². The van der Waals surface area contributed by atoms with Crippen molar-refractivity contribution >= 4 is 0 Å². The molecule has 2 heteroatoms. The van der Waals surface area contributed by atoms with Crippen molar-refractivity contribution in [3.8, 4) is 0 Å². The summed E-state index contributed by atoms with van der Waals surface area (Å²) in [4.78, 5) is 0. The van der Waals surface area contributed by atoms with Crippen molar-refractivity contribution in [3.63, 3.8) is 0 Å². The minimum atomic E-state index is -0.145. The van der Waals surface area contributed by atoms with E-state index in [1.165, 1.54) is 18.4 Å². The van der Waals surface area contributed by atoms with Gasteiger partial charge in [0.2, 0.25) is 0 Å². The zero-order chi connectivity index (χ0) is 10.7. The summed E-state index contributed by atoms with van der Waals surface area (Å²) in [5.41, 5.74) is 8.88. The van der Waals surface area contributed by atoms with Crippen molar-refractivity contribution < 1.29 is 4.39 Å². The van der Waals surface area contributed by atoms with Crippen molar-refractivity contribution in [2.24, 2.45) is 5.73 Å². The molecule has 2 aliphatic rings. The van der Waals surface area contributed by atoms with Crippen LogP contribution in [0.3, 0.4) is 0 Å². The number of halogens is 1. The Morgan fingerprint density at radius 1 is 1.20 bits per heavy atom. The molecular weight excluding hydrogens is 189 g/mol. The Morgan fingerprint density at radius 3 is 2.33 bits per heavy atom. The normalized spacial score (nSPS) is 25.0. The zero-order valence-electron chi connectivity index (χ0n) is 9.02. The fraction of sp³-hybridized carbons (Fsp3) is 0.538. The second-order valence-corrected chi connectivity index (χ2v) is 5.20. The lowest BCUT2D eigenvalue weighted by Crippen LogP contribution is -2.37. The van der Waals surface area contributed by atoms with Crippen LogP contribution >= 0.6 is 0 Å². The molecule has 0 unspecified atom stereocenters. The first-order chi connectivity index (χ1) is 7.07. The lowest BCUT2D eigenvalue weighted by molar-refractivity contribution is 0.499. The van der Waals surface area contributed by atoms with Crippen LogP contribution < -0.4 is 5.73 Å². The summed E-state index contributed by atoms with van der Waals surface area (Å²) in [5.74, 6) is -0.145. The SMILES string of the molecule is Cc1cc(F)ccc1C1(C2(N)CC2)CC1. The maximum absolute atomic E-state index is 13.0. The highest BCUT2D eigenvalue weighted by molar-refractivity contribution is 5.44. The first kappa shape index (κ1) is 9.34. The molecule has 2 N–H and O–H groups in total. The Bertz CT molecular complexity index is 417. The van der Waals surface area contributed by atoms with E-state index in [1.54, 1.807) is 12.1 Å². The van der Waals surface area contributed by atoms with Gasteiger partial charge < -0.3 is 5.73 Å². The van der Waals surface area contributed by atoms with Gasteiger partial charge in [-0.15, -0.1) is 0 Å². The Hall–Kier alpha value is -0.890. The Kier molecular flexibility index (Phi) is 1.63. The molecule has 0 amide bonds. The van der Waals surface area contributed by atoms with E-state index in [0.29, 0.717) is 0 Å². The summed E-state index contributed by atoms with van der Waals surface area (Å²) in [7, 11) is 0. The molecule has 2 aliphatic carbocycles. The van der Waals surface area contributed by atoms with Crippen LogP contribution in [-0.2, 0) is 5.41 Å². The van der Waals surface area contributed by atoms with Gasteiger partial charge in [-0.3, -0.25) is 0 Å². The number of rotatable bonds is 2. The highest BCUT2D eigenvalue weighted by atomic mass is 19.1. The van der Waals surface area contributed by atoms with Gasteiger partial charge in [-0.25, -0.2) is 4.39 Å². The average Bonchev–Trinajstić information content (AvgIpc) is 3.01. The van der Waals surface area contributed by atoms with Gasteiger partial charge in [-0.2, -0.15) is 0 Å². The minimum Gasteiger partial charge on any atom is -0.324 e. The third-order valence-electron chi connectivity index (χ3n) is 4.20. The molecule has 1 aromatic carbocycles. The Balaban J connectivity index is 2.06. The predicted molar refractivity (Wildman–Crippen MR) is 58.2 cm³/mol. The first-order valence-electron chi connectivity index (χ1n) is 5.63. The number of hydrogen-bond acceptors (Lipinski definition) is 1. The van der Waals surface area contributed by atoms with Crippen molar-refractivity contribution in [3.05, 3.63) is 35.1 Å². The highest BCUT2D eigenvalue weighted by Gasteiger charge is 2.64. The number of benzene rings is 1. The third kappa shape index (κ3) is 1.18. The third-order valence-corrected chi connectivity index (χ3v) is 4.20. The van der Waals surface area contributed by atoms with Crippen LogP contribution in [0.1, 0.15) is 36.8 Å². The van der Waals surface area contributed by atoms with E-state index in [1.807, 2.05) is 13.0 Å². The number of hydrogen-bond donors (Lipinski definition) is 1. The van der Waals surface area contributed by atoms with Gasteiger partial charge in [-0.1, -0.05) is 6.07 Å². The van der Waals surface area contributed by atoms with Crippen molar-refractivity contribution in [1.82, 2.24) is 0 Å². The van der Waals surface area contributed by atoms with Gasteiger partial charge in [0.05, 0.1) is 0 Å². The maximum Gasteiger partial charge on any atom is 0.123 e. The quantitative estimate of drug-likeness (QED) is 0.789. The second kappa shape index (κ2) is 2.62. The molecule has 0 saturated heterocycles. The van der Waals surface area contributed by atoms with Crippen LogP contribution in [0.4, 0.5) is 4.39 Å². The van der Waals surface area contributed by atoms with Gasteiger partial charge in [0, 0.05) is 11.0 Å². The molecule has 1 aromatic rings. The lowest BCUT2D eigenvalue weighted by atomic mass is 9.84. The molecule has 15 heavy (non-hydrogen) atoms. The summed E-state index contributed by atoms with van der Waals surface area (Å²) in [5, 5.41) is 0. The van der Waals surface area contributed by atoms with E-state index in [2.05, 4.69) is 0 Å². The van der Waals surface area contributed by atoms with E-state index in [-0.39, 0.29) is 16.8 Å². The monoisotopic (exact) mass is 205 g/mol. The molecule has 2 saturated carbocycles. The number of aryl methyl sites for hydroxylation is 1. The summed E-state index contributed by atoms with van der Waals surface area (Å²) < 4.78 is 13.0. The fourth-order valence-electron chi connectivity index (χ4n) is 2.94. The fourth-order valence-corrected chi connectivity index (χ4v) is 2.94. The van der Waals surface area contributed by atoms with Gasteiger partial charge in [0.1, 0.15) is 5.82 Å².